The van der Waals surface area contributed by atoms with Crippen molar-refractivity contribution < 1.29 is 4.74 Å². The molecule has 2 aromatic rings. The molecule has 0 aliphatic rings. The Hall–Kier alpha value is -1.62. The predicted molar refractivity (Wildman–Crippen MR) is 67.8 cm³/mol. The van der Waals surface area contributed by atoms with Gasteiger partial charge in [0.15, 0.2) is 5.65 Å². The van der Waals surface area contributed by atoms with Gasteiger partial charge in [-0.05, 0) is 31.9 Å². The third-order valence-corrected chi connectivity index (χ3v) is 2.63. The molecule has 17 heavy (non-hydrogen) atoms. The molecule has 0 radical (unpaired) electrons. The zero-order chi connectivity index (χ0) is 12.3. The Balaban J connectivity index is 2.18. The Morgan fingerprint density at radius 2 is 2.29 bits per heavy atom. The number of nitrogens with two attached hydrogens (primary N) is 1. The lowest BCUT2D eigenvalue weighted by Gasteiger charge is -2.05. The van der Waals surface area contributed by atoms with Gasteiger partial charge in [0.05, 0.1) is 0 Å². The van der Waals surface area contributed by atoms with Gasteiger partial charge in [-0.1, -0.05) is 0 Å². The summed E-state index contributed by atoms with van der Waals surface area (Å²) in [7, 11) is 0. The monoisotopic (exact) mass is 234 g/mol. The van der Waals surface area contributed by atoms with Gasteiger partial charge in [-0.2, -0.15) is 0 Å². The topological polar surface area (TPSA) is 66.0 Å². The lowest BCUT2D eigenvalue weighted by Crippen LogP contribution is -2.06. The SMILES string of the molecule is CCOCCCn1c(N)nc2cc(C)cnc21. The van der Waals surface area contributed by atoms with Crippen LogP contribution in [0.1, 0.15) is 18.9 Å². The predicted octanol–water partition coefficient (Wildman–Crippen LogP) is 1.75. The van der Waals surface area contributed by atoms with E-state index in [0.717, 1.165) is 42.9 Å². The van der Waals surface area contributed by atoms with Crippen molar-refractivity contribution in [3.05, 3.63) is 17.8 Å². The van der Waals surface area contributed by atoms with E-state index in [4.69, 9.17) is 10.5 Å². The molecule has 92 valence electrons. The summed E-state index contributed by atoms with van der Waals surface area (Å²) in [6.07, 6.45) is 2.75. The number of rotatable bonds is 5. The Morgan fingerprint density at radius 1 is 1.47 bits per heavy atom. The molecule has 0 saturated carbocycles. The zero-order valence-corrected chi connectivity index (χ0v) is 10.3. The molecule has 0 atom stereocenters. The first kappa shape index (κ1) is 11.9. The average molecular weight is 234 g/mol. The highest BCUT2D eigenvalue weighted by Crippen LogP contribution is 2.16. The van der Waals surface area contributed by atoms with Crippen molar-refractivity contribution in [2.24, 2.45) is 0 Å². The number of imidazole rings is 1. The molecule has 0 aliphatic carbocycles. The molecule has 0 unspecified atom stereocenters. The second-order valence-electron chi connectivity index (χ2n) is 4.03. The van der Waals surface area contributed by atoms with Gasteiger partial charge >= 0.3 is 0 Å². The second kappa shape index (κ2) is 5.14. The van der Waals surface area contributed by atoms with Crippen LogP contribution in [0.15, 0.2) is 12.3 Å². The molecule has 0 saturated heterocycles. The lowest BCUT2D eigenvalue weighted by molar-refractivity contribution is 0.142. The van der Waals surface area contributed by atoms with Crippen molar-refractivity contribution in [1.82, 2.24) is 14.5 Å². The number of pyridine rings is 1. The first-order valence-electron chi connectivity index (χ1n) is 5.88. The van der Waals surface area contributed by atoms with E-state index in [1.807, 2.05) is 30.7 Å². The number of anilines is 1. The molecule has 0 spiro atoms. The molecular weight excluding hydrogens is 216 g/mol. The van der Waals surface area contributed by atoms with Crippen LogP contribution in [0.25, 0.3) is 11.2 Å². The molecule has 0 amide bonds. The van der Waals surface area contributed by atoms with Gasteiger partial charge in [-0.3, -0.25) is 4.57 Å². The number of fused-ring (bicyclic) bond motifs is 1. The average Bonchev–Trinajstić information content (AvgIpc) is 2.60. The van der Waals surface area contributed by atoms with Crippen LogP contribution >= 0.6 is 0 Å². The van der Waals surface area contributed by atoms with Crippen LogP contribution in [0, 0.1) is 6.92 Å². The molecule has 5 heteroatoms. The van der Waals surface area contributed by atoms with Gasteiger partial charge in [0.1, 0.15) is 5.52 Å². The number of nitrogen functional groups attached to an aromatic ring is 1. The molecule has 0 aromatic carbocycles. The van der Waals surface area contributed by atoms with E-state index in [2.05, 4.69) is 9.97 Å². The molecule has 2 heterocycles. The number of aromatic nitrogens is 3. The van der Waals surface area contributed by atoms with Crippen LogP contribution in [0.2, 0.25) is 0 Å². The first-order valence-corrected chi connectivity index (χ1v) is 5.88. The maximum atomic E-state index is 5.89. The van der Waals surface area contributed by atoms with Crippen molar-refractivity contribution in [2.75, 3.05) is 18.9 Å². The third kappa shape index (κ3) is 2.55. The largest absolute Gasteiger partial charge is 0.382 e. The van der Waals surface area contributed by atoms with Gasteiger partial charge < -0.3 is 10.5 Å². The molecule has 2 aromatic heterocycles. The fraction of sp³-hybridized carbons (Fsp3) is 0.500. The molecule has 5 nitrogen and oxygen atoms in total. The lowest BCUT2D eigenvalue weighted by atomic mass is 10.3. The van der Waals surface area contributed by atoms with E-state index >= 15 is 0 Å². The Labute approximate surface area is 101 Å². The Bertz CT molecular complexity index is 506. The van der Waals surface area contributed by atoms with E-state index in [0.29, 0.717) is 5.95 Å². The van der Waals surface area contributed by atoms with Crippen LogP contribution < -0.4 is 5.73 Å². The van der Waals surface area contributed by atoms with Crippen LogP contribution in [-0.4, -0.2) is 27.7 Å². The first-order chi connectivity index (χ1) is 8.22. The molecule has 2 N–H and O–H groups in total. The van der Waals surface area contributed by atoms with Crippen molar-refractivity contribution in [1.29, 1.82) is 0 Å². The summed E-state index contributed by atoms with van der Waals surface area (Å²) < 4.78 is 7.25. The standard InChI is InChI=1S/C12H18N4O/c1-3-17-6-4-5-16-11-10(15-12(16)13)7-9(2)8-14-11/h7-8H,3-6H2,1-2H3,(H2,13,15). The smallest absolute Gasteiger partial charge is 0.202 e. The maximum Gasteiger partial charge on any atom is 0.202 e. The summed E-state index contributed by atoms with van der Waals surface area (Å²) >= 11 is 0. The highest BCUT2D eigenvalue weighted by molar-refractivity contribution is 5.74. The van der Waals surface area contributed by atoms with Gasteiger partial charge in [0, 0.05) is 26.0 Å². The summed E-state index contributed by atoms with van der Waals surface area (Å²) in [6, 6.07) is 2.00. The zero-order valence-electron chi connectivity index (χ0n) is 10.3. The second-order valence-corrected chi connectivity index (χ2v) is 4.03. The summed E-state index contributed by atoms with van der Waals surface area (Å²) in [5.74, 6) is 0.523. The van der Waals surface area contributed by atoms with Crippen molar-refractivity contribution in [3.63, 3.8) is 0 Å². The number of ether oxygens (including phenoxy) is 1. The van der Waals surface area contributed by atoms with Gasteiger partial charge in [-0.15, -0.1) is 0 Å². The summed E-state index contributed by atoms with van der Waals surface area (Å²) in [6.45, 7) is 6.26. The summed E-state index contributed by atoms with van der Waals surface area (Å²) in [5.41, 5.74) is 8.69. The summed E-state index contributed by atoms with van der Waals surface area (Å²) in [4.78, 5) is 8.69. The van der Waals surface area contributed by atoms with Crippen LogP contribution in [-0.2, 0) is 11.3 Å². The van der Waals surface area contributed by atoms with E-state index in [-0.39, 0.29) is 0 Å². The Morgan fingerprint density at radius 3 is 3.06 bits per heavy atom. The summed E-state index contributed by atoms with van der Waals surface area (Å²) in [5, 5.41) is 0. The van der Waals surface area contributed by atoms with Gasteiger partial charge in [0.2, 0.25) is 5.95 Å². The van der Waals surface area contributed by atoms with E-state index in [1.54, 1.807) is 0 Å². The fourth-order valence-corrected chi connectivity index (χ4v) is 1.82. The number of aryl methyl sites for hydroxylation is 2. The number of nitrogens with zero attached hydrogens (tertiary/aromatic N) is 3. The quantitative estimate of drug-likeness (QED) is 0.800. The van der Waals surface area contributed by atoms with E-state index in [1.165, 1.54) is 0 Å². The van der Waals surface area contributed by atoms with Gasteiger partial charge in [-0.25, -0.2) is 9.97 Å². The van der Waals surface area contributed by atoms with Crippen molar-refractivity contribution >= 4 is 17.1 Å². The van der Waals surface area contributed by atoms with E-state index in [9.17, 15) is 0 Å². The minimum atomic E-state index is 0.523. The Kier molecular flexibility index (Phi) is 3.58. The number of hydrogen-bond donors (Lipinski definition) is 1. The highest BCUT2D eigenvalue weighted by Gasteiger charge is 2.08. The van der Waals surface area contributed by atoms with Crippen LogP contribution in [0.3, 0.4) is 0 Å². The van der Waals surface area contributed by atoms with Crippen LogP contribution in [0.5, 0.6) is 0 Å². The van der Waals surface area contributed by atoms with E-state index < -0.39 is 0 Å². The van der Waals surface area contributed by atoms with Crippen molar-refractivity contribution in [3.8, 4) is 0 Å². The molecule has 0 fully saturated rings. The highest BCUT2D eigenvalue weighted by atomic mass is 16.5. The van der Waals surface area contributed by atoms with Crippen molar-refractivity contribution in [2.45, 2.75) is 26.8 Å². The van der Waals surface area contributed by atoms with Gasteiger partial charge in [0.25, 0.3) is 0 Å². The molecule has 0 aliphatic heterocycles. The maximum absolute atomic E-state index is 5.89. The number of hydrogen-bond acceptors (Lipinski definition) is 4. The normalized spacial score (nSPS) is 11.2. The van der Waals surface area contributed by atoms with Crippen LogP contribution in [0.4, 0.5) is 5.95 Å². The fourth-order valence-electron chi connectivity index (χ4n) is 1.82. The molecule has 2 rings (SSSR count). The third-order valence-electron chi connectivity index (χ3n) is 2.63. The molecular formula is C12H18N4O. The minimum Gasteiger partial charge on any atom is -0.382 e. The minimum absolute atomic E-state index is 0.523. The molecule has 0 bridgehead atoms.